The van der Waals surface area contributed by atoms with Crippen molar-refractivity contribution in [3.8, 4) is 0 Å². The minimum Gasteiger partial charge on any atom is -0.370 e. The van der Waals surface area contributed by atoms with Crippen molar-refractivity contribution in [3.05, 3.63) is 40.1 Å². The van der Waals surface area contributed by atoms with Crippen molar-refractivity contribution in [1.29, 1.82) is 0 Å². The second kappa shape index (κ2) is 8.16. The standard InChI is InChI=1S/C18H26N6O2/c1-3-4-16-15(12-20-22-16)18(26)19-10-13-5-7-24(8-6-13)14-9-17(25)23(2)21-11-14/h9,11-13H,3-8,10H2,1-2H3,(H,19,26)(H,20,22). The highest BCUT2D eigenvalue weighted by Crippen LogP contribution is 2.21. The fourth-order valence-electron chi connectivity index (χ4n) is 3.31. The van der Waals surface area contributed by atoms with Crippen LogP contribution >= 0.6 is 0 Å². The Morgan fingerprint density at radius 1 is 1.35 bits per heavy atom. The average Bonchev–Trinajstić information content (AvgIpc) is 3.11. The molecule has 0 unspecified atom stereocenters. The van der Waals surface area contributed by atoms with Crippen LogP contribution in [0.5, 0.6) is 0 Å². The number of rotatable bonds is 6. The summed E-state index contributed by atoms with van der Waals surface area (Å²) in [5.41, 5.74) is 2.33. The van der Waals surface area contributed by atoms with E-state index in [4.69, 9.17) is 0 Å². The number of aromatic amines is 1. The monoisotopic (exact) mass is 358 g/mol. The van der Waals surface area contributed by atoms with Crippen LogP contribution in [-0.2, 0) is 13.5 Å². The maximum absolute atomic E-state index is 12.4. The summed E-state index contributed by atoms with van der Waals surface area (Å²) in [6, 6.07) is 1.63. The van der Waals surface area contributed by atoms with Crippen molar-refractivity contribution >= 4 is 11.6 Å². The highest BCUT2D eigenvalue weighted by atomic mass is 16.1. The van der Waals surface area contributed by atoms with Crippen LogP contribution in [-0.4, -0.2) is 45.5 Å². The summed E-state index contributed by atoms with van der Waals surface area (Å²) < 4.78 is 1.33. The normalized spacial score (nSPS) is 15.2. The number of anilines is 1. The molecule has 1 aliphatic rings. The maximum atomic E-state index is 12.4. The Hall–Kier alpha value is -2.64. The van der Waals surface area contributed by atoms with Gasteiger partial charge in [-0.2, -0.15) is 10.2 Å². The first kappa shape index (κ1) is 18.2. The number of carbonyl (C=O) groups excluding carboxylic acids is 1. The number of hydrogen-bond donors (Lipinski definition) is 2. The number of aromatic nitrogens is 4. The van der Waals surface area contributed by atoms with Gasteiger partial charge in [-0.15, -0.1) is 0 Å². The van der Waals surface area contributed by atoms with Gasteiger partial charge in [-0.1, -0.05) is 13.3 Å². The lowest BCUT2D eigenvalue weighted by Gasteiger charge is -2.33. The Morgan fingerprint density at radius 3 is 2.81 bits per heavy atom. The van der Waals surface area contributed by atoms with Gasteiger partial charge in [-0.25, -0.2) is 4.68 Å². The summed E-state index contributed by atoms with van der Waals surface area (Å²) in [6.07, 6.45) is 7.08. The number of piperidine rings is 1. The molecule has 2 aromatic heterocycles. The molecule has 2 N–H and O–H groups in total. The first-order valence-electron chi connectivity index (χ1n) is 9.17. The van der Waals surface area contributed by atoms with Gasteiger partial charge in [0.15, 0.2) is 0 Å². The van der Waals surface area contributed by atoms with Gasteiger partial charge >= 0.3 is 0 Å². The molecule has 140 valence electrons. The molecular formula is C18H26N6O2. The molecule has 0 atom stereocenters. The van der Waals surface area contributed by atoms with Crippen molar-refractivity contribution in [2.45, 2.75) is 32.6 Å². The van der Waals surface area contributed by atoms with Crippen molar-refractivity contribution < 1.29 is 4.79 Å². The fraction of sp³-hybridized carbons (Fsp3) is 0.556. The Kier molecular flexibility index (Phi) is 5.70. The van der Waals surface area contributed by atoms with Crippen molar-refractivity contribution in [2.75, 3.05) is 24.5 Å². The maximum Gasteiger partial charge on any atom is 0.268 e. The lowest BCUT2D eigenvalue weighted by atomic mass is 9.96. The van der Waals surface area contributed by atoms with E-state index in [0.717, 1.165) is 50.2 Å². The highest BCUT2D eigenvalue weighted by Gasteiger charge is 2.21. The van der Waals surface area contributed by atoms with E-state index in [1.807, 2.05) is 0 Å². The van der Waals surface area contributed by atoms with E-state index < -0.39 is 0 Å². The van der Waals surface area contributed by atoms with Crippen molar-refractivity contribution in [2.24, 2.45) is 13.0 Å². The largest absolute Gasteiger partial charge is 0.370 e. The predicted molar refractivity (Wildman–Crippen MR) is 99.3 cm³/mol. The zero-order valence-corrected chi connectivity index (χ0v) is 15.4. The van der Waals surface area contributed by atoms with E-state index in [0.29, 0.717) is 18.0 Å². The molecule has 0 aliphatic carbocycles. The van der Waals surface area contributed by atoms with Crippen molar-refractivity contribution in [3.63, 3.8) is 0 Å². The van der Waals surface area contributed by atoms with Crippen LogP contribution in [0, 0.1) is 5.92 Å². The highest BCUT2D eigenvalue weighted by molar-refractivity contribution is 5.95. The number of amides is 1. The first-order chi connectivity index (χ1) is 12.6. The van der Waals surface area contributed by atoms with E-state index in [9.17, 15) is 9.59 Å². The summed E-state index contributed by atoms with van der Waals surface area (Å²) >= 11 is 0. The van der Waals surface area contributed by atoms with Crippen LogP contribution in [0.3, 0.4) is 0 Å². The Bertz CT molecular complexity index is 804. The molecule has 1 amide bonds. The second-order valence-corrected chi connectivity index (χ2v) is 6.83. The van der Waals surface area contributed by atoms with Crippen LogP contribution in [0.15, 0.2) is 23.3 Å². The van der Waals surface area contributed by atoms with Gasteiger partial charge in [0, 0.05) is 38.4 Å². The molecule has 1 saturated heterocycles. The average molecular weight is 358 g/mol. The van der Waals surface area contributed by atoms with Gasteiger partial charge in [-0.05, 0) is 25.2 Å². The third-order valence-electron chi connectivity index (χ3n) is 4.95. The van der Waals surface area contributed by atoms with E-state index in [1.165, 1.54) is 4.68 Å². The van der Waals surface area contributed by atoms with Crippen LogP contribution in [0.2, 0.25) is 0 Å². The first-order valence-corrected chi connectivity index (χ1v) is 9.17. The van der Waals surface area contributed by atoms with E-state index >= 15 is 0 Å². The molecule has 8 nitrogen and oxygen atoms in total. The lowest BCUT2D eigenvalue weighted by Crippen LogP contribution is -2.39. The number of nitrogens with one attached hydrogen (secondary N) is 2. The molecule has 3 heterocycles. The summed E-state index contributed by atoms with van der Waals surface area (Å²) in [4.78, 5) is 26.3. The van der Waals surface area contributed by atoms with E-state index in [2.05, 4.69) is 32.4 Å². The molecule has 3 rings (SSSR count). The molecule has 0 spiro atoms. The van der Waals surface area contributed by atoms with Gasteiger partial charge in [0.05, 0.1) is 23.6 Å². The molecule has 8 heteroatoms. The number of H-pyrrole nitrogens is 1. The summed E-state index contributed by atoms with van der Waals surface area (Å²) in [5, 5.41) is 14.0. The van der Waals surface area contributed by atoms with Crippen molar-refractivity contribution in [1.82, 2.24) is 25.3 Å². The van der Waals surface area contributed by atoms with Gasteiger partial charge in [0.2, 0.25) is 0 Å². The third-order valence-corrected chi connectivity index (χ3v) is 4.95. The molecule has 0 saturated carbocycles. The zero-order valence-electron chi connectivity index (χ0n) is 15.4. The van der Waals surface area contributed by atoms with E-state index in [-0.39, 0.29) is 11.5 Å². The molecule has 0 aromatic carbocycles. The summed E-state index contributed by atoms with van der Waals surface area (Å²) in [5.74, 6) is 0.386. The van der Waals surface area contributed by atoms with Gasteiger partial charge in [-0.3, -0.25) is 14.7 Å². The van der Waals surface area contributed by atoms with Gasteiger partial charge < -0.3 is 10.2 Å². The Balaban J connectivity index is 1.49. The molecule has 1 aliphatic heterocycles. The SMILES string of the molecule is CCCc1[nH]ncc1C(=O)NCC1CCN(c2cnn(C)c(=O)c2)CC1. The second-order valence-electron chi connectivity index (χ2n) is 6.83. The molecule has 0 radical (unpaired) electrons. The zero-order chi connectivity index (χ0) is 18.5. The Morgan fingerprint density at radius 2 is 2.12 bits per heavy atom. The molecular weight excluding hydrogens is 332 g/mol. The van der Waals surface area contributed by atoms with Crippen LogP contribution in [0.4, 0.5) is 5.69 Å². The van der Waals surface area contributed by atoms with Crippen LogP contribution in [0.1, 0.15) is 42.2 Å². The van der Waals surface area contributed by atoms with E-state index in [1.54, 1.807) is 25.5 Å². The lowest BCUT2D eigenvalue weighted by molar-refractivity contribution is 0.0944. The quantitative estimate of drug-likeness (QED) is 0.806. The number of carbonyl (C=O) groups is 1. The molecule has 1 fully saturated rings. The fourth-order valence-corrected chi connectivity index (χ4v) is 3.31. The molecule has 2 aromatic rings. The van der Waals surface area contributed by atoms with Gasteiger partial charge in [0.25, 0.3) is 11.5 Å². The summed E-state index contributed by atoms with van der Waals surface area (Å²) in [6.45, 7) is 4.47. The minimum atomic E-state index is -0.0973. The number of hydrogen-bond acceptors (Lipinski definition) is 5. The predicted octanol–water partition coefficient (Wildman–Crippen LogP) is 1.10. The summed E-state index contributed by atoms with van der Waals surface area (Å²) in [7, 11) is 1.65. The Labute approximate surface area is 152 Å². The van der Waals surface area contributed by atoms with Gasteiger partial charge in [0.1, 0.15) is 0 Å². The van der Waals surface area contributed by atoms with Crippen LogP contribution in [0.25, 0.3) is 0 Å². The number of aryl methyl sites for hydroxylation is 2. The minimum absolute atomic E-state index is 0.0552. The number of nitrogens with zero attached hydrogens (tertiary/aromatic N) is 4. The molecule has 0 bridgehead atoms. The van der Waals surface area contributed by atoms with Crippen LogP contribution < -0.4 is 15.8 Å². The topological polar surface area (TPSA) is 95.9 Å². The smallest absolute Gasteiger partial charge is 0.268 e. The molecule has 26 heavy (non-hydrogen) atoms. The third kappa shape index (κ3) is 4.12.